The zero-order valence-corrected chi connectivity index (χ0v) is 13.4. The number of rotatable bonds is 6. The minimum Gasteiger partial charge on any atom is -0.390 e. The largest absolute Gasteiger partial charge is 0.390 e. The first kappa shape index (κ1) is 16.7. The molecule has 2 rings (SSSR count). The molecular formula is C16H30N2O3. The van der Waals surface area contributed by atoms with E-state index in [4.69, 9.17) is 4.74 Å². The number of carbonyl (C=O) groups excluding carboxylic acids is 1. The van der Waals surface area contributed by atoms with E-state index in [1.54, 1.807) is 0 Å². The number of morpholine rings is 1. The average molecular weight is 298 g/mol. The highest BCUT2D eigenvalue weighted by Crippen LogP contribution is 2.31. The van der Waals surface area contributed by atoms with Gasteiger partial charge in [-0.2, -0.15) is 0 Å². The van der Waals surface area contributed by atoms with E-state index in [0.29, 0.717) is 32.0 Å². The summed E-state index contributed by atoms with van der Waals surface area (Å²) in [6, 6.07) is 0.496. The van der Waals surface area contributed by atoms with Gasteiger partial charge in [0.15, 0.2) is 0 Å². The second kappa shape index (κ2) is 7.56. The monoisotopic (exact) mass is 298 g/mol. The smallest absolute Gasteiger partial charge is 0.222 e. The molecule has 0 bridgehead atoms. The van der Waals surface area contributed by atoms with E-state index < -0.39 is 5.60 Å². The molecular weight excluding hydrogens is 268 g/mol. The number of amides is 1. The Kier molecular flexibility index (Phi) is 6.02. The van der Waals surface area contributed by atoms with Gasteiger partial charge in [0.1, 0.15) is 0 Å². The van der Waals surface area contributed by atoms with E-state index in [2.05, 4.69) is 24.1 Å². The molecule has 2 aliphatic rings. The van der Waals surface area contributed by atoms with Gasteiger partial charge in [-0.15, -0.1) is 0 Å². The standard InChI is InChI=1S/C16H30N2O3/c1-13(2)18-9-10-21-14(12-18)11-15(19)17-8-7-16(20)5-3-4-6-16/h13-14,20H,3-12H2,1-2H3,(H,17,19)/t14-/m1/s1. The maximum Gasteiger partial charge on any atom is 0.222 e. The summed E-state index contributed by atoms with van der Waals surface area (Å²) in [6.45, 7) is 7.39. The Labute approximate surface area is 128 Å². The van der Waals surface area contributed by atoms with Gasteiger partial charge in [0.2, 0.25) is 5.91 Å². The predicted octanol–water partition coefficient (Wildman–Crippen LogP) is 1.30. The van der Waals surface area contributed by atoms with Crippen LogP contribution >= 0.6 is 0 Å². The number of nitrogens with zero attached hydrogens (tertiary/aromatic N) is 1. The van der Waals surface area contributed by atoms with Crippen molar-refractivity contribution in [3.63, 3.8) is 0 Å². The molecule has 0 aromatic carbocycles. The topological polar surface area (TPSA) is 61.8 Å². The Morgan fingerprint density at radius 3 is 2.81 bits per heavy atom. The summed E-state index contributed by atoms with van der Waals surface area (Å²) in [5.74, 6) is 0.0344. The molecule has 1 saturated carbocycles. The fourth-order valence-corrected chi connectivity index (χ4v) is 3.33. The number of aliphatic hydroxyl groups is 1. The first-order valence-electron chi connectivity index (χ1n) is 8.33. The minimum absolute atomic E-state index is 0.00397. The van der Waals surface area contributed by atoms with Gasteiger partial charge in [0.25, 0.3) is 0 Å². The van der Waals surface area contributed by atoms with Crippen LogP contribution < -0.4 is 5.32 Å². The van der Waals surface area contributed by atoms with Crippen molar-refractivity contribution in [3.8, 4) is 0 Å². The third kappa shape index (κ3) is 5.24. The van der Waals surface area contributed by atoms with Crippen molar-refractivity contribution in [2.75, 3.05) is 26.2 Å². The molecule has 0 spiro atoms. The van der Waals surface area contributed by atoms with Crippen molar-refractivity contribution in [2.24, 2.45) is 0 Å². The highest BCUT2D eigenvalue weighted by Gasteiger charge is 2.30. The molecule has 5 nitrogen and oxygen atoms in total. The second-order valence-electron chi connectivity index (χ2n) is 6.82. The van der Waals surface area contributed by atoms with Crippen LogP contribution in [0.25, 0.3) is 0 Å². The van der Waals surface area contributed by atoms with E-state index in [9.17, 15) is 9.90 Å². The van der Waals surface area contributed by atoms with Gasteiger partial charge in [-0.25, -0.2) is 0 Å². The summed E-state index contributed by atoms with van der Waals surface area (Å²) in [7, 11) is 0. The zero-order chi connectivity index (χ0) is 15.3. The molecule has 0 unspecified atom stereocenters. The molecule has 1 saturated heterocycles. The normalized spacial score (nSPS) is 26.2. The third-order valence-electron chi connectivity index (χ3n) is 4.76. The molecule has 1 amide bonds. The zero-order valence-electron chi connectivity index (χ0n) is 13.4. The second-order valence-corrected chi connectivity index (χ2v) is 6.82. The van der Waals surface area contributed by atoms with Crippen molar-refractivity contribution in [3.05, 3.63) is 0 Å². The van der Waals surface area contributed by atoms with Crippen molar-refractivity contribution in [2.45, 2.75) is 70.1 Å². The van der Waals surface area contributed by atoms with Gasteiger partial charge in [-0.3, -0.25) is 9.69 Å². The van der Waals surface area contributed by atoms with Crippen LogP contribution in [0.2, 0.25) is 0 Å². The van der Waals surface area contributed by atoms with Crippen LogP contribution in [0, 0.1) is 0 Å². The number of nitrogens with one attached hydrogen (secondary N) is 1. The fourth-order valence-electron chi connectivity index (χ4n) is 3.33. The number of carbonyl (C=O) groups is 1. The minimum atomic E-state index is -0.539. The van der Waals surface area contributed by atoms with Crippen molar-refractivity contribution in [1.29, 1.82) is 0 Å². The summed E-state index contributed by atoms with van der Waals surface area (Å²) >= 11 is 0. The number of hydrogen-bond donors (Lipinski definition) is 2. The summed E-state index contributed by atoms with van der Waals surface area (Å²) in [5, 5.41) is 13.2. The maximum absolute atomic E-state index is 12.0. The first-order valence-corrected chi connectivity index (χ1v) is 8.33. The summed E-state index contributed by atoms with van der Waals surface area (Å²) in [5.41, 5.74) is -0.539. The van der Waals surface area contributed by atoms with E-state index in [0.717, 1.165) is 38.8 Å². The Morgan fingerprint density at radius 1 is 1.43 bits per heavy atom. The van der Waals surface area contributed by atoms with E-state index in [-0.39, 0.29) is 12.0 Å². The molecule has 1 heterocycles. The lowest BCUT2D eigenvalue weighted by Crippen LogP contribution is -2.47. The quantitative estimate of drug-likeness (QED) is 0.776. The molecule has 1 aliphatic carbocycles. The van der Waals surface area contributed by atoms with Crippen molar-refractivity contribution in [1.82, 2.24) is 10.2 Å². The lowest BCUT2D eigenvalue weighted by atomic mass is 9.98. The Balaban J connectivity index is 1.64. The van der Waals surface area contributed by atoms with E-state index in [1.165, 1.54) is 0 Å². The lowest BCUT2D eigenvalue weighted by molar-refractivity contribution is -0.126. The van der Waals surface area contributed by atoms with E-state index >= 15 is 0 Å². The number of hydrogen-bond acceptors (Lipinski definition) is 4. The highest BCUT2D eigenvalue weighted by molar-refractivity contribution is 5.76. The molecule has 122 valence electrons. The van der Waals surface area contributed by atoms with Gasteiger partial charge >= 0.3 is 0 Å². The van der Waals surface area contributed by atoms with Crippen molar-refractivity contribution < 1.29 is 14.6 Å². The molecule has 2 N–H and O–H groups in total. The Hall–Kier alpha value is -0.650. The third-order valence-corrected chi connectivity index (χ3v) is 4.76. The average Bonchev–Trinajstić information content (AvgIpc) is 2.86. The van der Waals surface area contributed by atoms with Gasteiger partial charge in [-0.1, -0.05) is 12.8 Å². The SMILES string of the molecule is CC(C)N1CCO[C@H](CC(=O)NCCC2(O)CCCC2)C1. The molecule has 0 aromatic heterocycles. The van der Waals surface area contributed by atoms with Gasteiger partial charge in [0.05, 0.1) is 24.7 Å². The summed E-state index contributed by atoms with van der Waals surface area (Å²) in [6.07, 6.45) is 5.03. The van der Waals surface area contributed by atoms with Crippen LogP contribution in [0.3, 0.4) is 0 Å². The van der Waals surface area contributed by atoms with Gasteiger partial charge < -0.3 is 15.2 Å². The predicted molar refractivity (Wildman–Crippen MR) is 82.1 cm³/mol. The van der Waals surface area contributed by atoms with Crippen molar-refractivity contribution >= 4 is 5.91 Å². The van der Waals surface area contributed by atoms with Gasteiger partial charge in [-0.05, 0) is 33.1 Å². The Morgan fingerprint density at radius 2 is 2.14 bits per heavy atom. The number of ether oxygens (including phenoxy) is 1. The lowest BCUT2D eigenvalue weighted by Gasteiger charge is -2.35. The van der Waals surface area contributed by atoms with Crippen LogP contribution in [0.5, 0.6) is 0 Å². The first-order chi connectivity index (χ1) is 9.98. The van der Waals surface area contributed by atoms with Gasteiger partial charge in [0, 0.05) is 25.7 Å². The maximum atomic E-state index is 12.0. The molecule has 21 heavy (non-hydrogen) atoms. The van der Waals surface area contributed by atoms with E-state index in [1.807, 2.05) is 0 Å². The molecule has 0 aromatic rings. The molecule has 2 fully saturated rings. The van der Waals surface area contributed by atoms with Crippen LogP contribution in [-0.2, 0) is 9.53 Å². The van der Waals surface area contributed by atoms with Crippen LogP contribution in [0.1, 0.15) is 52.4 Å². The molecule has 5 heteroatoms. The molecule has 1 atom stereocenters. The molecule has 1 aliphatic heterocycles. The summed E-state index contributed by atoms with van der Waals surface area (Å²) in [4.78, 5) is 14.3. The molecule has 0 radical (unpaired) electrons. The van der Waals surface area contributed by atoms with Crippen LogP contribution in [0.4, 0.5) is 0 Å². The van der Waals surface area contributed by atoms with Crippen LogP contribution in [0.15, 0.2) is 0 Å². The highest BCUT2D eigenvalue weighted by atomic mass is 16.5. The summed E-state index contributed by atoms with van der Waals surface area (Å²) < 4.78 is 5.68. The Bertz CT molecular complexity index is 340. The fraction of sp³-hybridized carbons (Fsp3) is 0.938. The van der Waals surface area contributed by atoms with Crippen LogP contribution in [-0.4, -0.2) is 59.9 Å².